The predicted octanol–water partition coefficient (Wildman–Crippen LogP) is 7.54. The zero-order valence-corrected chi connectivity index (χ0v) is 26.5. The normalized spacial score (nSPS) is 14.9. The number of urea groups is 2. The van der Waals surface area contributed by atoms with E-state index in [0.29, 0.717) is 18.3 Å². The molecular weight excluding hydrogens is 564 g/mol. The van der Waals surface area contributed by atoms with E-state index in [-0.39, 0.29) is 17.5 Å². The molecule has 0 atom stereocenters. The average Bonchev–Trinajstić information content (AvgIpc) is 3.65. The molecule has 9 nitrogen and oxygen atoms in total. The van der Waals surface area contributed by atoms with Gasteiger partial charge in [0.15, 0.2) is 0 Å². The third-order valence-corrected chi connectivity index (χ3v) is 8.55. The number of piperidine rings is 1. The molecule has 0 aliphatic carbocycles. The lowest BCUT2D eigenvalue weighted by Gasteiger charge is -2.32. The summed E-state index contributed by atoms with van der Waals surface area (Å²) < 4.78 is 7.35. The molecule has 1 aromatic heterocycles. The molecule has 4 aromatic rings. The number of anilines is 3. The summed E-state index contributed by atoms with van der Waals surface area (Å²) in [4.78, 5) is 28.0. The van der Waals surface area contributed by atoms with Crippen LogP contribution in [0.15, 0.2) is 72.8 Å². The van der Waals surface area contributed by atoms with Crippen LogP contribution >= 0.6 is 0 Å². The fourth-order valence-corrected chi connectivity index (χ4v) is 5.91. The topological polar surface area (TPSA) is 101 Å². The second kappa shape index (κ2) is 12.7. The third kappa shape index (κ3) is 7.30. The Kier molecular flexibility index (Phi) is 8.52. The maximum atomic E-state index is 13.2. The highest BCUT2D eigenvalue weighted by molar-refractivity contribution is 5.99. The van der Waals surface area contributed by atoms with Crippen LogP contribution in [0.25, 0.3) is 5.69 Å². The van der Waals surface area contributed by atoms with E-state index in [9.17, 15) is 9.59 Å². The van der Waals surface area contributed by atoms with Crippen molar-refractivity contribution in [2.45, 2.75) is 58.8 Å². The largest absolute Gasteiger partial charge is 0.493 e. The summed E-state index contributed by atoms with van der Waals surface area (Å²) in [5, 5.41) is 13.9. The minimum absolute atomic E-state index is 0.0529. The molecule has 9 heteroatoms. The standard InChI is InChI=1S/C36H42N6O3/c1-24-8-11-30(12-9-24)42-33(23-32(40-42)36(2,3)4)39-34(43)37-28-7-5-6-26(21-28)20-25-14-17-41(18-15-25)35(44)38-29-10-13-31-27(22-29)16-19-45-31/h5-13,21-23,25H,14-20H2,1-4H3,(H,38,44)(H2,37,39,43). The van der Waals surface area contributed by atoms with Crippen LogP contribution in [0.3, 0.4) is 0 Å². The van der Waals surface area contributed by atoms with Gasteiger partial charge in [-0.2, -0.15) is 5.10 Å². The van der Waals surface area contributed by atoms with Gasteiger partial charge in [-0.05, 0) is 85.7 Å². The first kappa shape index (κ1) is 30.2. The molecule has 1 fully saturated rings. The van der Waals surface area contributed by atoms with E-state index in [1.54, 1.807) is 4.68 Å². The Bertz CT molecular complexity index is 1680. The highest BCUT2D eigenvalue weighted by Crippen LogP contribution is 2.29. The molecule has 1 saturated heterocycles. The van der Waals surface area contributed by atoms with Crippen LogP contribution in [0, 0.1) is 12.8 Å². The molecule has 3 N–H and O–H groups in total. The summed E-state index contributed by atoms with van der Waals surface area (Å²) in [6.45, 7) is 10.5. The summed E-state index contributed by atoms with van der Waals surface area (Å²) in [6, 6.07) is 23.5. The average molecular weight is 607 g/mol. The predicted molar refractivity (Wildman–Crippen MR) is 179 cm³/mol. The number of hydrogen-bond acceptors (Lipinski definition) is 4. The number of carbonyl (C=O) groups excluding carboxylic acids is 2. The number of rotatable bonds is 6. The second-order valence-corrected chi connectivity index (χ2v) is 13.2. The highest BCUT2D eigenvalue weighted by Gasteiger charge is 2.24. The van der Waals surface area contributed by atoms with Gasteiger partial charge in [-0.15, -0.1) is 0 Å². The molecule has 3 aromatic carbocycles. The van der Waals surface area contributed by atoms with Gasteiger partial charge >= 0.3 is 12.1 Å². The fraction of sp³-hybridized carbons (Fsp3) is 0.361. The van der Waals surface area contributed by atoms with Crippen LogP contribution in [0.1, 0.15) is 56.0 Å². The molecule has 2 aliphatic heterocycles. The van der Waals surface area contributed by atoms with Gasteiger partial charge in [0.1, 0.15) is 11.6 Å². The summed E-state index contributed by atoms with van der Waals surface area (Å²) in [5.41, 5.74) is 6.62. The molecule has 45 heavy (non-hydrogen) atoms. The van der Waals surface area contributed by atoms with Crippen molar-refractivity contribution in [3.8, 4) is 11.4 Å². The lowest BCUT2D eigenvalue weighted by Crippen LogP contribution is -2.41. The van der Waals surface area contributed by atoms with Crippen molar-refractivity contribution >= 4 is 29.3 Å². The summed E-state index contributed by atoms with van der Waals surface area (Å²) in [5.74, 6) is 1.99. The van der Waals surface area contributed by atoms with Gasteiger partial charge in [0, 0.05) is 42.4 Å². The number of amides is 4. The van der Waals surface area contributed by atoms with Crippen molar-refractivity contribution in [3.63, 3.8) is 0 Å². The molecule has 0 unspecified atom stereocenters. The van der Waals surface area contributed by atoms with Gasteiger partial charge in [0.25, 0.3) is 0 Å². The molecular formula is C36H42N6O3. The number of nitrogens with one attached hydrogen (secondary N) is 3. The lowest BCUT2D eigenvalue weighted by atomic mass is 9.90. The Morgan fingerprint density at radius 1 is 0.911 bits per heavy atom. The van der Waals surface area contributed by atoms with Crippen LogP contribution < -0.4 is 20.7 Å². The first-order valence-electron chi connectivity index (χ1n) is 15.8. The minimum atomic E-state index is -0.323. The summed E-state index contributed by atoms with van der Waals surface area (Å²) >= 11 is 0. The van der Waals surface area contributed by atoms with E-state index in [0.717, 1.165) is 84.0 Å². The van der Waals surface area contributed by atoms with Crippen LogP contribution in [-0.4, -0.2) is 46.4 Å². The molecule has 0 saturated carbocycles. The molecule has 3 heterocycles. The number of aryl methyl sites for hydroxylation is 1. The van der Waals surface area contributed by atoms with Crippen molar-refractivity contribution in [1.82, 2.24) is 14.7 Å². The molecule has 234 valence electrons. The van der Waals surface area contributed by atoms with E-state index in [2.05, 4.69) is 42.8 Å². The number of hydrogen-bond donors (Lipinski definition) is 3. The van der Waals surface area contributed by atoms with Crippen molar-refractivity contribution in [2.75, 3.05) is 35.6 Å². The monoisotopic (exact) mass is 606 g/mol. The van der Waals surface area contributed by atoms with Gasteiger partial charge in [-0.1, -0.05) is 50.6 Å². The summed E-state index contributed by atoms with van der Waals surface area (Å²) in [7, 11) is 0. The number of benzene rings is 3. The number of fused-ring (bicyclic) bond motifs is 1. The Morgan fingerprint density at radius 3 is 2.42 bits per heavy atom. The van der Waals surface area contributed by atoms with Gasteiger partial charge in [-0.25, -0.2) is 14.3 Å². The van der Waals surface area contributed by atoms with Crippen LogP contribution in [0.4, 0.5) is 26.8 Å². The van der Waals surface area contributed by atoms with Gasteiger partial charge < -0.3 is 20.3 Å². The van der Waals surface area contributed by atoms with Crippen molar-refractivity contribution in [3.05, 3.63) is 95.2 Å². The zero-order valence-electron chi connectivity index (χ0n) is 26.5. The molecule has 6 rings (SSSR count). The van der Waals surface area contributed by atoms with E-state index in [1.165, 1.54) is 0 Å². The minimum Gasteiger partial charge on any atom is -0.493 e. The SMILES string of the molecule is Cc1ccc(-n2nc(C(C)(C)C)cc2NC(=O)Nc2cccc(CC3CCN(C(=O)Nc4ccc5c(c4)CCO5)CC3)c2)cc1. The van der Waals surface area contributed by atoms with Crippen LogP contribution in [-0.2, 0) is 18.3 Å². The quantitative estimate of drug-likeness (QED) is 0.211. The second-order valence-electron chi connectivity index (χ2n) is 13.2. The number of likely N-dealkylation sites (tertiary alicyclic amines) is 1. The summed E-state index contributed by atoms with van der Waals surface area (Å²) in [6.07, 6.45) is 3.64. The Labute approximate surface area is 265 Å². The number of aromatic nitrogens is 2. The third-order valence-electron chi connectivity index (χ3n) is 8.55. The van der Waals surface area contributed by atoms with Crippen molar-refractivity contribution in [1.29, 1.82) is 0 Å². The van der Waals surface area contributed by atoms with Crippen LogP contribution in [0.5, 0.6) is 5.75 Å². The van der Waals surface area contributed by atoms with Gasteiger partial charge in [0.05, 0.1) is 18.0 Å². The first-order valence-corrected chi connectivity index (χ1v) is 15.8. The van der Waals surface area contributed by atoms with Crippen molar-refractivity contribution in [2.24, 2.45) is 5.92 Å². The number of carbonyl (C=O) groups is 2. The van der Waals surface area contributed by atoms with E-state index < -0.39 is 0 Å². The van der Waals surface area contributed by atoms with Crippen LogP contribution in [0.2, 0.25) is 0 Å². The number of nitrogens with zero attached hydrogens (tertiary/aromatic N) is 3. The fourth-order valence-electron chi connectivity index (χ4n) is 5.91. The van der Waals surface area contributed by atoms with E-state index in [1.807, 2.05) is 78.6 Å². The first-order chi connectivity index (χ1) is 21.6. The van der Waals surface area contributed by atoms with Crippen molar-refractivity contribution < 1.29 is 14.3 Å². The Hall–Kier alpha value is -4.79. The number of ether oxygens (including phenoxy) is 1. The maximum Gasteiger partial charge on any atom is 0.324 e. The Morgan fingerprint density at radius 2 is 1.67 bits per heavy atom. The molecule has 4 amide bonds. The highest BCUT2D eigenvalue weighted by atomic mass is 16.5. The van der Waals surface area contributed by atoms with E-state index in [4.69, 9.17) is 9.84 Å². The molecule has 2 aliphatic rings. The molecule has 0 bridgehead atoms. The maximum absolute atomic E-state index is 13.2. The van der Waals surface area contributed by atoms with Gasteiger partial charge in [-0.3, -0.25) is 5.32 Å². The molecule has 0 spiro atoms. The lowest BCUT2D eigenvalue weighted by molar-refractivity contribution is 0.182. The smallest absolute Gasteiger partial charge is 0.324 e. The van der Waals surface area contributed by atoms with Gasteiger partial charge in [0.2, 0.25) is 0 Å². The Balaban J connectivity index is 1.03. The molecule has 0 radical (unpaired) electrons. The zero-order chi connectivity index (χ0) is 31.6. The van der Waals surface area contributed by atoms with E-state index >= 15 is 0 Å².